The summed E-state index contributed by atoms with van der Waals surface area (Å²) in [4.78, 5) is 20.3. The van der Waals surface area contributed by atoms with Crippen LogP contribution in [0.3, 0.4) is 0 Å². The van der Waals surface area contributed by atoms with E-state index in [0.717, 1.165) is 22.5 Å². The lowest BCUT2D eigenvalue weighted by molar-refractivity contribution is 0.102. The Balaban J connectivity index is 2.28. The average molecular weight is 276 g/mol. The van der Waals surface area contributed by atoms with E-state index in [9.17, 15) is 4.79 Å². The molecule has 1 aromatic carbocycles. The number of rotatable bonds is 2. The number of aromatic nitrogens is 2. The van der Waals surface area contributed by atoms with Crippen LogP contribution in [0.2, 0.25) is 5.02 Å². The molecule has 0 spiro atoms. The Labute approximate surface area is 116 Å². The molecule has 0 bridgehead atoms. The predicted molar refractivity (Wildman–Crippen MR) is 75.6 cm³/mol. The summed E-state index contributed by atoms with van der Waals surface area (Å²) < 4.78 is 0. The fourth-order valence-corrected chi connectivity index (χ4v) is 1.94. The Bertz CT molecular complexity index is 641. The van der Waals surface area contributed by atoms with E-state index in [1.165, 1.54) is 6.33 Å². The Morgan fingerprint density at radius 3 is 2.63 bits per heavy atom. The topological polar surface area (TPSA) is 54.9 Å². The Morgan fingerprint density at radius 1 is 1.21 bits per heavy atom. The first kappa shape index (κ1) is 13.5. The van der Waals surface area contributed by atoms with Crippen LogP contribution >= 0.6 is 11.6 Å². The van der Waals surface area contributed by atoms with E-state index < -0.39 is 0 Å². The van der Waals surface area contributed by atoms with Gasteiger partial charge in [0.25, 0.3) is 5.91 Å². The van der Waals surface area contributed by atoms with E-state index in [1.54, 1.807) is 18.2 Å². The van der Waals surface area contributed by atoms with Crippen LogP contribution in [0, 0.1) is 20.8 Å². The minimum absolute atomic E-state index is 0.242. The molecule has 0 unspecified atom stereocenters. The van der Waals surface area contributed by atoms with Gasteiger partial charge in [0.2, 0.25) is 0 Å². The van der Waals surface area contributed by atoms with Gasteiger partial charge in [-0.2, -0.15) is 0 Å². The van der Waals surface area contributed by atoms with Crippen LogP contribution in [0.5, 0.6) is 0 Å². The Morgan fingerprint density at radius 2 is 1.95 bits per heavy atom. The van der Waals surface area contributed by atoms with Gasteiger partial charge in [-0.15, -0.1) is 0 Å². The van der Waals surface area contributed by atoms with Gasteiger partial charge in [0.1, 0.15) is 12.0 Å². The summed E-state index contributed by atoms with van der Waals surface area (Å²) in [6.07, 6.45) is 1.39. The van der Waals surface area contributed by atoms with Crippen molar-refractivity contribution in [3.63, 3.8) is 0 Å². The van der Waals surface area contributed by atoms with E-state index in [1.807, 2.05) is 20.8 Å². The van der Waals surface area contributed by atoms with E-state index in [4.69, 9.17) is 11.6 Å². The molecule has 2 rings (SSSR count). The van der Waals surface area contributed by atoms with Gasteiger partial charge >= 0.3 is 0 Å². The standard InChI is InChI=1S/C14H14ClN3O/c1-8-6-11(15)4-5-12(8)18-14(19)13-9(2)10(3)16-7-17-13/h4-7H,1-3H3,(H,18,19). The van der Waals surface area contributed by atoms with Crippen LogP contribution in [0.1, 0.15) is 27.3 Å². The molecular formula is C14H14ClN3O. The van der Waals surface area contributed by atoms with E-state index in [0.29, 0.717) is 10.7 Å². The highest BCUT2D eigenvalue weighted by atomic mass is 35.5. The zero-order chi connectivity index (χ0) is 14.0. The number of aryl methyl sites for hydroxylation is 2. The van der Waals surface area contributed by atoms with Gasteiger partial charge in [-0.25, -0.2) is 9.97 Å². The van der Waals surface area contributed by atoms with Crippen LogP contribution in [0.4, 0.5) is 5.69 Å². The molecule has 0 radical (unpaired) electrons. The predicted octanol–water partition coefficient (Wildman–Crippen LogP) is 3.31. The molecule has 0 fully saturated rings. The minimum Gasteiger partial charge on any atom is -0.320 e. The zero-order valence-electron chi connectivity index (χ0n) is 11.0. The fourth-order valence-electron chi connectivity index (χ4n) is 1.72. The molecule has 0 atom stereocenters. The lowest BCUT2D eigenvalue weighted by Crippen LogP contribution is -2.17. The molecule has 1 aromatic heterocycles. The second-order valence-electron chi connectivity index (χ2n) is 4.35. The number of anilines is 1. The number of benzene rings is 1. The maximum absolute atomic E-state index is 12.2. The number of carbonyl (C=O) groups excluding carboxylic acids is 1. The van der Waals surface area contributed by atoms with Crippen molar-refractivity contribution < 1.29 is 4.79 Å². The molecule has 0 aliphatic rings. The van der Waals surface area contributed by atoms with Crippen molar-refractivity contribution in [1.29, 1.82) is 0 Å². The third-order valence-electron chi connectivity index (χ3n) is 2.99. The number of amides is 1. The van der Waals surface area contributed by atoms with Gasteiger partial charge < -0.3 is 5.32 Å². The SMILES string of the molecule is Cc1cc(Cl)ccc1NC(=O)c1ncnc(C)c1C. The molecule has 1 N–H and O–H groups in total. The van der Waals surface area contributed by atoms with Gasteiger partial charge in [0.05, 0.1) is 0 Å². The van der Waals surface area contributed by atoms with Gasteiger partial charge in [-0.3, -0.25) is 4.79 Å². The second-order valence-corrected chi connectivity index (χ2v) is 4.78. The molecule has 0 aliphatic heterocycles. The molecular weight excluding hydrogens is 262 g/mol. The molecule has 1 amide bonds. The quantitative estimate of drug-likeness (QED) is 0.915. The number of carbonyl (C=O) groups is 1. The van der Waals surface area contributed by atoms with Crippen LogP contribution < -0.4 is 5.32 Å². The largest absolute Gasteiger partial charge is 0.320 e. The molecule has 19 heavy (non-hydrogen) atoms. The zero-order valence-corrected chi connectivity index (χ0v) is 11.7. The highest BCUT2D eigenvalue weighted by Gasteiger charge is 2.13. The highest BCUT2D eigenvalue weighted by Crippen LogP contribution is 2.20. The van der Waals surface area contributed by atoms with Gasteiger partial charge in [0, 0.05) is 22.0 Å². The van der Waals surface area contributed by atoms with Gasteiger partial charge in [0.15, 0.2) is 0 Å². The summed E-state index contributed by atoms with van der Waals surface area (Å²) >= 11 is 5.88. The van der Waals surface area contributed by atoms with Crippen molar-refractivity contribution >= 4 is 23.2 Å². The molecule has 2 aromatic rings. The minimum atomic E-state index is -0.242. The number of hydrogen-bond acceptors (Lipinski definition) is 3. The van der Waals surface area contributed by atoms with Crippen LogP contribution in [0.25, 0.3) is 0 Å². The maximum Gasteiger partial charge on any atom is 0.274 e. The summed E-state index contributed by atoms with van der Waals surface area (Å²) in [7, 11) is 0. The van der Waals surface area contributed by atoms with Crippen molar-refractivity contribution in [1.82, 2.24) is 9.97 Å². The lowest BCUT2D eigenvalue weighted by atomic mass is 10.1. The van der Waals surface area contributed by atoms with Crippen molar-refractivity contribution in [3.05, 3.63) is 52.1 Å². The molecule has 0 saturated carbocycles. The van der Waals surface area contributed by atoms with Crippen molar-refractivity contribution in [2.24, 2.45) is 0 Å². The van der Waals surface area contributed by atoms with Crippen molar-refractivity contribution in [2.45, 2.75) is 20.8 Å². The molecule has 0 aliphatic carbocycles. The molecule has 98 valence electrons. The monoisotopic (exact) mass is 275 g/mol. The summed E-state index contributed by atoms with van der Waals surface area (Å²) in [5, 5.41) is 3.48. The third-order valence-corrected chi connectivity index (χ3v) is 3.22. The number of hydrogen-bond donors (Lipinski definition) is 1. The highest BCUT2D eigenvalue weighted by molar-refractivity contribution is 6.30. The summed E-state index contributed by atoms with van der Waals surface area (Å²) in [5.41, 5.74) is 3.61. The first-order valence-corrected chi connectivity index (χ1v) is 6.22. The molecule has 0 saturated heterocycles. The maximum atomic E-state index is 12.2. The first-order valence-electron chi connectivity index (χ1n) is 5.84. The van der Waals surface area contributed by atoms with Crippen molar-refractivity contribution in [3.8, 4) is 0 Å². The van der Waals surface area contributed by atoms with Crippen LogP contribution in [-0.2, 0) is 0 Å². The second kappa shape index (κ2) is 5.36. The summed E-state index contributed by atoms with van der Waals surface area (Å²) in [5.74, 6) is -0.242. The smallest absolute Gasteiger partial charge is 0.274 e. The van der Waals surface area contributed by atoms with E-state index in [2.05, 4.69) is 15.3 Å². The summed E-state index contributed by atoms with van der Waals surface area (Å²) in [6, 6.07) is 5.32. The molecule has 4 nitrogen and oxygen atoms in total. The van der Waals surface area contributed by atoms with E-state index in [-0.39, 0.29) is 5.91 Å². The number of nitrogens with one attached hydrogen (secondary N) is 1. The van der Waals surface area contributed by atoms with Crippen LogP contribution in [0.15, 0.2) is 24.5 Å². The first-order chi connectivity index (χ1) is 8.99. The van der Waals surface area contributed by atoms with Gasteiger partial charge in [-0.05, 0) is 44.5 Å². The Kier molecular flexibility index (Phi) is 3.81. The summed E-state index contributed by atoms with van der Waals surface area (Å²) in [6.45, 7) is 5.57. The van der Waals surface area contributed by atoms with Gasteiger partial charge in [-0.1, -0.05) is 11.6 Å². The van der Waals surface area contributed by atoms with E-state index >= 15 is 0 Å². The third kappa shape index (κ3) is 2.90. The number of nitrogens with zero attached hydrogens (tertiary/aromatic N) is 2. The lowest BCUT2D eigenvalue weighted by Gasteiger charge is -2.10. The van der Waals surface area contributed by atoms with Crippen molar-refractivity contribution in [2.75, 3.05) is 5.32 Å². The number of halogens is 1. The molecule has 1 heterocycles. The molecule has 5 heteroatoms. The fraction of sp³-hybridized carbons (Fsp3) is 0.214. The Hall–Kier alpha value is -1.94. The van der Waals surface area contributed by atoms with Crippen LogP contribution in [-0.4, -0.2) is 15.9 Å². The normalized spacial score (nSPS) is 10.3. The average Bonchev–Trinajstić information content (AvgIpc) is 2.36.